The summed E-state index contributed by atoms with van der Waals surface area (Å²) < 4.78 is 2.34. The second-order valence-corrected chi connectivity index (χ2v) is 10.3. The van der Waals surface area contributed by atoms with E-state index in [-0.39, 0.29) is 28.9 Å². The summed E-state index contributed by atoms with van der Waals surface area (Å²) in [6.07, 6.45) is 0. The number of fused-ring (bicyclic) bond motifs is 10. The first kappa shape index (κ1) is 19.1. The van der Waals surface area contributed by atoms with Crippen LogP contribution in [0, 0.1) is 5.92 Å². The molecule has 33 heavy (non-hydrogen) atoms. The molecule has 3 aliphatic rings. The Bertz CT molecular complexity index is 1560. The fourth-order valence-electron chi connectivity index (χ4n) is 6.29. The van der Waals surface area contributed by atoms with Crippen molar-refractivity contribution >= 4 is 39.8 Å². The standard InChI is InChI=1S/C28H21ClN2O2/c1-28(2)19-13-31-20-10-6-5-9-16(20)23(29)25(31)21(19)17-11-12-18-22(24(17)30-28)27(33)15-8-4-3-7-14(15)26(18)32/h3-12,19,21,30H,13H2,1-2H3/t19-,21-/m0/s1. The number of nitrogens with zero attached hydrogens (tertiary/aromatic N) is 1. The van der Waals surface area contributed by atoms with Crippen molar-refractivity contribution in [3.8, 4) is 0 Å². The van der Waals surface area contributed by atoms with Gasteiger partial charge in [-0.2, -0.15) is 0 Å². The lowest BCUT2D eigenvalue weighted by molar-refractivity contribution is 0.0979. The number of anilines is 1. The monoisotopic (exact) mass is 452 g/mol. The molecule has 0 radical (unpaired) electrons. The third kappa shape index (κ3) is 2.27. The molecule has 4 nitrogen and oxygen atoms in total. The van der Waals surface area contributed by atoms with E-state index in [1.807, 2.05) is 30.3 Å². The molecular formula is C28H21ClN2O2. The SMILES string of the molecule is CC1(C)Nc2c(ccc3c2C(=O)c2ccccc2C3=O)[C@@H]2c3c(Cl)c4ccccc4n3C[C@@H]21. The predicted octanol–water partition coefficient (Wildman–Crippen LogP) is 6.04. The van der Waals surface area contributed by atoms with E-state index in [1.165, 1.54) is 0 Å². The Balaban J connectivity index is 1.52. The number of nitrogens with one attached hydrogen (secondary N) is 1. The van der Waals surface area contributed by atoms with Crippen molar-refractivity contribution in [1.82, 2.24) is 4.57 Å². The highest BCUT2D eigenvalue weighted by Crippen LogP contribution is 2.56. The lowest BCUT2D eigenvalue weighted by atomic mass is 9.69. The molecule has 4 aromatic rings. The summed E-state index contributed by atoms with van der Waals surface area (Å²) in [5, 5.41) is 5.52. The second kappa shape index (κ2) is 6.15. The second-order valence-electron chi connectivity index (χ2n) is 9.91. The van der Waals surface area contributed by atoms with Crippen molar-refractivity contribution in [3.05, 3.63) is 99.2 Å². The number of halogens is 1. The van der Waals surface area contributed by atoms with E-state index in [1.54, 1.807) is 18.2 Å². The van der Waals surface area contributed by atoms with Crippen LogP contribution in [0.25, 0.3) is 10.9 Å². The number of benzene rings is 3. The van der Waals surface area contributed by atoms with Crippen LogP contribution in [0.5, 0.6) is 0 Å². The third-order valence-electron chi connectivity index (χ3n) is 7.86. The number of hydrogen-bond donors (Lipinski definition) is 1. The minimum absolute atomic E-state index is 0.0431. The lowest BCUT2D eigenvalue weighted by Gasteiger charge is -2.44. The van der Waals surface area contributed by atoms with Gasteiger partial charge in [0, 0.05) is 57.2 Å². The number of hydrogen-bond acceptors (Lipinski definition) is 3. The molecule has 7 rings (SSSR count). The molecule has 0 spiro atoms. The minimum atomic E-state index is -0.295. The molecule has 0 bridgehead atoms. The summed E-state index contributed by atoms with van der Waals surface area (Å²) >= 11 is 6.98. The number of ketones is 2. The molecule has 3 heterocycles. The van der Waals surface area contributed by atoms with E-state index in [9.17, 15) is 9.59 Å². The largest absolute Gasteiger partial charge is 0.379 e. The molecule has 0 saturated heterocycles. The molecule has 2 atom stereocenters. The Labute approximate surface area is 196 Å². The zero-order valence-electron chi connectivity index (χ0n) is 18.3. The topological polar surface area (TPSA) is 51.1 Å². The molecule has 0 amide bonds. The lowest BCUT2D eigenvalue weighted by Crippen LogP contribution is -2.46. The Kier molecular flexibility index (Phi) is 3.56. The van der Waals surface area contributed by atoms with E-state index in [0.717, 1.165) is 39.4 Å². The van der Waals surface area contributed by atoms with Crippen molar-refractivity contribution < 1.29 is 9.59 Å². The first-order chi connectivity index (χ1) is 15.9. The van der Waals surface area contributed by atoms with Gasteiger partial charge >= 0.3 is 0 Å². The average molecular weight is 453 g/mol. The zero-order valence-corrected chi connectivity index (χ0v) is 19.0. The Morgan fingerprint density at radius 1 is 0.909 bits per heavy atom. The number of para-hydroxylation sites is 1. The van der Waals surface area contributed by atoms with Gasteiger partial charge in [-0.3, -0.25) is 9.59 Å². The summed E-state index contributed by atoms with van der Waals surface area (Å²) in [7, 11) is 0. The van der Waals surface area contributed by atoms with Crippen LogP contribution in [0.15, 0.2) is 60.7 Å². The third-order valence-corrected chi connectivity index (χ3v) is 8.26. The summed E-state index contributed by atoms with van der Waals surface area (Å²) in [5.41, 5.74) is 5.70. The van der Waals surface area contributed by atoms with Crippen LogP contribution in [0.2, 0.25) is 5.02 Å². The van der Waals surface area contributed by atoms with Gasteiger partial charge in [0.25, 0.3) is 0 Å². The Morgan fingerprint density at radius 3 is 2.39 bits per heavy atom. The fraction of sp³-hybridized carbons (Fsp3) is 0.214. The molecule has 1 aromatic heterocycles. The summed E-state index contributed by atoms with van der Waals surface area (Å²) in [4.78, 5) is 27.0. The quantitative estimate of drug-likeness (QED) is 0.312. The first-order valence-corrected chi connectivity index (χ1v) is 11.7. The fourth-order valence-corrected chi connectivity index (χ4v) is 6.67. The maximum atomic E-state index is 13.7. The highest BCUT2D eigenvalue weighted by molar-refractivity contribution is 6.36. The van der Waals surface area contributed by atoms with Gasteiger partial charge in [-0.15, -0.1) is 0 Å². The van der Waals surface area contributed by atoms with Gasteiger partial charge in [-0.05, 0) is 31.5 Å². The van der Waals surface area contributed by atoms with Gasteiger partial charge in [-0.25, -0.2) is 0 Å². The summed E-state index contributed by atoms with van der Waals surface area (Å²) in [6, 6.07) is 19.2. The van der Waals surface area contributed by atoms with Crippen molar-refractivity contribution in [1.29, 1.82) is 0 Å². The van der Waals surface area contributed by atoms with Gasteiger partial charge in [0.15, 0.2) is 11.6 Å². The minimum Gasteiger partial charge on any atom is -0.379 e. The van der Waals surface area contributed by atoms with Gasteiger partial charge in [0.1, 0.15) is 0 Å². The normalized spacial score (nSPS) is 21.7. The molecule has 0 unspecified atom stereocenters. The van der Waals surface area contributed by atoms with Crippen molar-refractivity contribution in [2.24, 2.45) is 5.92 Å². The van der Waals surface area contributed by atoms with Crippen molar-refractivity contribution in [3.63, 3.8) is 0 Å². The maximum Gasteiger partial charge on any atom is 0.196 e. The van der Waals surface area contributed by atoms with Crippen molar-refractivity contribution in [2.75, 3.05) is 5.32 Å². The predicted molar refractivity (Wildman–Crippen MR) is 130 cm³/mol. The van der Waals surface area contributed by atoms with Crippen LogP contribution in [-0.4, -0.2) is 21.7 Å². The molecule has 1 aliphatic carbocycles. The Morgan fingerprint density at radius 2 is 1.61 bits per heavy atom. The highest BCUT2D eigenvalue weighted by atomic mass is 35.5. The van der Waals surface area contributed by atoms with Gasteiger partial charge in [0.2, 0.25) is 0 Å². The van der Waals surface area contributed by atoms with Crippen LogP contribution < -0.4 is 5.32 Å². The number of rotatable bonds is 0. The van der Waals surface area contributed by atoms with E-state index >= 15 is 0 Å². The van der Waals surface area contributed by atoms with E-state index in [2.05, 4.69) is 35.9 Å². The summed E-state index contributed by atoms with van der Waals surface area (Å²) in [6.45, 7) is 5.21. The molecule has 0 fully saturated rings. The van der Waals surface area contributed by atoms with Crippen LogP contribution in [-0.2, 0) is 6.54 Å². The summed E-state index contributed by atoms with van der Waals surface area (Å²) in [5.74, 6) is 0.120. The van der Waals surface area contributed by atoms with E-state index in [4.69, 9.17) is 11.6 Å². The van der Waals surface area contributed by atoms with E-state index in [0.29, 0.717) is 22.3 Å². The van der Waals surface area contributed by atoms with Crippen LogP contribution in [0.1, 0.15) is 62.9 Å². The molecule has 1 N–H and O–H groups in total. The van der Waals surface area contributed by atoms with E-state index < -0.39 is 0 Å². The molecule has 5 heteroatoms. The molecular weight excluding hydrogens is 432 g/mol. The number of carbonyl (C=O) groups is 2. The number of aromatic nitrogens is 1. The first-order valence-electron chi connectivity index (χ1n) is 11.3. The highest BCUT2D eigenvalue weighted by Gasteiger charge is 2.50. The maximum absolute atomic E-state index is 13.7. The van der Waals surface area contributed by atoms with Gasteiger partial charge < -0.3 is 9.88 Å². The van der Waals surface area contributed by atoms with Crippen LogP contribution >= 0.6 is 11.6 Å². The van der Waals surface area contributed by atoms with Crippen LogP contribution in [0.4, 0.5) is 5.69 Å². The van der Waals surface area contributed by atoms with Gasteiger partial charge in [-0.1, -0.05) is 60.1 Å². The molecule has 2 aliphatic heterocycles. The number of carbonyl (C=O) groups excluding carboxylic acids is 2. The van der Waals surface area contributed by atoms with Crippen LogP contribution in [0.3, 0.4) is 0 Å². The molecule has 3 aromatic carbocycles. The smallest absolute Gasteiger partial charge is 0.196 e. The zero-order chi connectivity index (χ0) is 22.6. The molecule has 0 saturated carbocycles. The Hall–Kier alpha value is -3.37. The average Bonchev–Trinajstić information content (AvgIpc) is 3.34. The van der Waals surface area contributed by atoms with Gasteiger partial charge in [0.05, 0.1) is 16.3 Å². The molecule has 162 valence electrons. The van der Waals surface area contributed by atoms with Crippen molar-refractivity contribution in [2.45, 2.75) is 31.8 Å².